The third kappa shape index (κ3) is 1.62. The van der Waals surface area contributed by atoms with E-state index < -0.39 is 0 Å². The van der Waals surface area contributed by atoms with E-state index in [1.54, 1.807) is 0 Å². The van der Waals surface area contributed by atoms with Gasteiger partial charge in [0.1, 0.15) is 0 Å². The molecule has 0 saturated heterocycles. The minimum absolute atomic E-state index is 1.09. The van der Waals surface area contributed by atoms with Crippen LogP contribution in [0.25, 0.3) is 45.0 Å². The van der Waals surface area contributed by atoms with Gasteiger partial charge in [-0.3, -0.25) is 0 Å². The van der Waals surface area contributed by atoms with Gasteiger partial charge >= 0.3 is 0 Å². The number of hydrogen-bond donors (Lipinski definition) is 0. The van der Waals surface area contributed by atoms with Gasteiger partial charge in [-0.25, -0.2) is 0 Å². The van der Waals surface area contributed by atoms with Gasteiger partial charge < -0.3 is 0 Å². The first-order chi connectivity index (χ1) is 10.3. The Balaban J connectivity index is 2.47. The van der Waals surface area contributed by atoms with E-state index in [1.165, 1.54) is 37.9 Å². The van der Waals surface area contributed by atoms with Crippen LogP contribution in [0.15, 0.2) is 60.7 Å². The molecule has 0 heteroatoms. The summed E-state index contributed by atoms with van der Waals surface area (Å²) in [6, 6.07) is 19.5. The molecule has 4 aromatic rings. The van der Waals surface area contributed by atoms with E-state index in [0.717, 1.165) is 5.22 Å². The summed E-state index contributed by atoms with van der Waals surface area (Å²) in [6.07, 6.45) is 4.32. The Morgan fingerprint density at radius 3 is 2.10 bits per heavy atom. The van der Waals surface area contributed by atoms with E-state index in [9.17, 15) is 0 Å². The minimum atomic E-state index is 1.09. The van der Waals surface area contributed by atoms with Gasteiger partial charge in [-0.05, 0) is 50.0 Å². The summed E-state index contributed by atoms with van der Waals surface area (Å²) in [7, 11) is 0. The van der Waals surface area contributed by atoms with Crippen molar-refractivity contribution in [3.63, 3.8) is 0 Å². The van der Waals surface area contributed by atoms with E-state index in [-0.39, 0.29) is 0 Å². The molecule has 0 heterocycles. The molecule has 0 aromatic heterocycles. The molecule has 0 unspecified atom stereocenters. The van der Waals surface area contributed by atoms with Gasteiger partial charge in [0.2, 0.25) is 0 Å². The summed E-state index contributed by atoms with van der Waals surface area (Å²) in [4.78, 5) is 0. The molecule has 0 saturated carbocycles. The first-order valence-electron chi connectivity index (χ1n) is 7.28. The molecule has 0 atom stereocenters. The Labute approximate surface area is 124 Å². The average molecular weight is 268 g/mol. The summed E-state index contributed by atoms with van der Waals surface area (Å²) >= 11 is 0. The van der Waals surface area contributed by atoms with Crippen molar-refractivity contribution in [3.05, 3.63) is 71.5 Å². The summed E-state index contributed by atoms with van der Waals surface area (Å²) in [5.41, 5.74) is 1.28. The zero-order valence-corrected chi connectivity index (χ0v) is 12.1. The Bertz CT molecular complexity index is 1050. The van der Waals surface area contributed by atoms with Crippen LogP contribution in [0.2, 0.25) is 0 Å². The molecule has 0 bridgehead atoms. The van der Waals surface area contributed by atoms with Crippen LogP contribution in [-0.2, 0) is 0 Å². The molecule has 0 fully saturated rings. The lowest BCUT2D eigenvalue weighted by Crippen LogP contribution is -2.01. The fourth-order valence-corrected chi connectivity index (χ4v) is 3.41. The van der Waals surface area contributed by atoms with Crippen LogP contribution in [0.3, 0.4) is 0 Å². The van der Waals surface area contributed by atoms with E-state index in [4.69, 9.17) is 0 Å². The van der Waals surface area contributed by atoms with E-state index in [2.05, 4.69) is 80.3 Å². The third-order valence-electron chi connectivity index (χ3n) is 4.24. The Kier molecular flexibility index (Phi) is 2.58. The molecular weight excluding hydrogens is 252 g/mol. The van der Waals surface area contributed by atoms with E-state index in [1.807, 2.05) is 0 Å². The van der Waals surface area contributed by atoms with Crippen LogP contribution < -0.4 is 5.22 Å². The number of rotatable bonds is 1. The summed E-state index contributed by atoms with van der Waals surface area (Å²) in [6.45, 7) is 6.32. The first kappa shape index (κ1) is 12.2. The van der Waals surface area contributed by atoms with Crippen molar-refractivity contribution in [1.29, 1.82) is 0 Å². The maximum atomic E-state index is 4.25. The first-order valence-corrected chi connectivity index (χ1v) is 7.28. The van der Waals surface area contributed by atoms with Crippen molar-refractivity contribution in [1.82, 2.24) is 0 Å². The van der Waals surface area contributed by atoms with Crippen molar-refractivity contribution in [2.45, 2.75) is 6.92 Å². The lowest BCUT2D eigenvalue weighted by Gasteiger charge is -2.13. The molecule has 4 aromatic carbocycles. The lowest BCUT2D eigenvalue weighted by molar-refractivity contribution is 1.69. The molecule has 0 amide bonds. The maximum absolute atomic E-state index is 4.25. The van der Waals surface area contributed by atoms with Crippen LogP contribution in [0.4, 0.5) is 0 Å². The van der Waals surface area contributed by atoms with Gasteiger partial charge in [-0.2, -0.15) is 0 Å². The van der Waals surface area contributed by atoms with E-state index >= 15 is 0 Å². The standard InChI is InChI=1S/C21H16/c1-3-7-16-18-12-5-9-15-10-6-13-19(21(15)18)17-11-4-8-14(2)20(16)17/h3-13H,2H2,1H3/b7-3-. The second-order valence-corrected chi connectivity index (χ2v) is 5.46. The van der Waals surface area contributed by atoms with Gasteiger partial charge in [-0.1, -0.05) is 73.3 Å². The third-order valence-corrected chi connectivity index (χ3v) is 4.24. The van der Waals surface area contributed by atoms with Gasteiger partial charge in [0.15, 0.2) is 0 Å². The summed E-state index contributed by atoms with van der Waals surface area (Å²) in [5, 5.41) is 8.92. The smallest absolute Gasteiger partial charge is 0.00264 e. The average Bonchev–Trinajstić information content (AvgIpc) is 2.51. The Morgan fingerprint density at radius 2 is 1.38 bits per heavy atom. The highest BCUT2D eigenvalue weighted by atomic mass is 14.1. The molecule has 0 aliphatic heterocycles. The molecule has 100 valence electrons. The highest BCUT2D eigenvalue weighted by Crippen LogP contribution is 2.36. The number of fused-ring (bicyclic) bond motifs is 2. The topological polar surface area (TPSA) is 0 Å². The quantitative estimate of drug-likeness (QED) is 0.324. The largest absolute Gasteiger partial charge is 0.0911 e. The van der Waals surface area contributed by atoms with Crippen molar-refractivity contribution in [3.8, 4) is 0 Å². The van der Waals surface area contributed by atoms with Crippen molar-refractivity contribution in [2.75, 3.05) is 0 Å². The molecule has 4 rings (SSSR count). The molecule has 0 radical (unpaired) electrons. The molecular formula is C21H16. The molecule has 0 aliphatic carbocycles. The van der Waals surface area contributed by atoms with Crippen molar-refractivity contribution >= 4 is 45.0 Å². The molecule has 0 spiro atoms. The summed E-state index contributed by atoms with van der Waals surface area (Å²) in [5.74, 6) is 0. The van der Waals surface area contributed by atoms with Crippen LogP contribution in [0.5, 0.6) is 0 Å². The Hall–Kier alpha value is -2.60. The second kappa shape index (κ2) is 4.46. The maximum Gasteiger partial charge on any atom is -0.00264 e. The van der Waals surface area contributed by atoms with Crippen molar-refractivity contribution < 1.29 is 0 Å². The molecule has 21 heavy (non-hydrogen) atoms. The van der Waals surface area contributed by atoms with E-state index in [0.29, 0.717) is 0 Å². The number of hydrogen-bond acceptors (Lipinski definition) is 0. The van der Waals surface area contributed by atoms with Crippen molar-refractivity contribution in [2.24, 2.45) is 0 Å². The SMILES string of the molecule is C=c1cccc2c1c(/C=C\C)c1cccc3cccc2c31. The molecule has 0 nitrogen and oxygen atoms in total. The monoisotopic (exact) mass is 268 g/mol. The predicted octanol–water partition coefficient (Wildman–Crippen LogP) is 5.31. The number of benzene rings is 4. The summed E-state index contributed by atoms with van der Waals surface area (Å²) < 4.78 is 0. The zero-order chi connectivity index (χ0) is 14.4. The normalized spacial score (nSPS) is 12.0. The minimum Gasteiger partial charge on any atom is -0.0911 e. The van der Waals surface area contributed by atoms with Gasteiger partial charge in [0.25, 0.3) is 0 Å². The zero-order valence-electron chi connectivity index (χ0n) is 12.1. The Morgan fingerprint density at radius 1 is 0.762 bits per heavy atom. The fourth-order valence-electron chi connectivity index (χ4n) is 3.41. The van der Waals surface area contributed by atoms with Crippen LogP contribution in [-0.4, -0.2) is 0 Å². The highest BCUT2D eigenvalue weighted by molar-refractivity contribution is 6.24. The fraction of sp³-hybridized carbons (Fsp3) is 0.0476. The predicted molar refractivity (Wildman–Crippen MR) is 94.4 cm³/mol. The molecule has 0 N–H and O–H groups in total. The van der Waals surface area contributed by atoms with Crippen LogP contribution >= 0.6 is 0 Å². The highest BCUT2D eigenvalue weighted by Gasteiger charge is 2.11. The van der Waals surface area contributed by atoms with Gasteiger partial charge in [0.05, 0.1) is 0 Å². The number of allylic oxidation sites excluding steroid dienone is 1. The second-order valence-electron chi connectivity index (χ2n) is 5.46. The van der Waals surface area contributed by atoms with Crippen LogP contribution in [0, 0.1) is 0 Å². The molecule has 0 aliphatic rings. The lowest BCUT2D eigenvalue weighted by atomic mass is 9.90. The van der Waals surface area contributed by atoms with Gasteiger partial charge in [-0.15, -0.1) is 0 Å². The van der Waals surface area contributed by atoms with Gasteiger partial charge in [0, 0.05) is 0 Å². The van der Waals surface area contributed by atoms with Crippen LogP contribution in [0.1, 0.15) is 12.5 Å².